The van der Waals surface area contributed by atoms with Crippen molar-refractivity contribution in [3.63, 3.8) is 0 Å². The number of hydrogen-bond acceptors (Lipinski definition) is 6. The minimum Gasteiger partial charge on any atom is -0.462 e. The summed E-state index contributed by atoms with van der Waals surface area (Å²) in [4.78, 5) is 38.3. The second-order valence-corrected chi connectivity index (χ2v) is 22.7. The summed E-state index contributed by atoms with van der Waals surface area (Å²) in [5.74, 6) is -0.873. The third-order valence-electron chi connectivity index (χ3n) is 14.9. The second-order valence-electron chi connectivity index (χ2n) is 22.7. The van der Waals surface area contributed by atoms with E-state index in [1.54, 1.807) is 0 Å². The van der Waals surface area contributed by atoms with Gasteiger partial charge in [0, 0.05) is 19.3 Å². The van der Waals surface area contributed by atoms with Crippen molar-refractivity contribution in [3.8, 4) is 0 Å². The summed E-state index contributed by atoms with van der Waals surface area (Å²) >= 11 is 0. The van der Waals surface area contributed by atoms with Crippen molar-refractivity contribution in [3.05, 3.63) is 85.1 Å². The maximum Gasteiger partial charge on any atom is 0.306 e. The van der Waals surface area contributed by atoms with E-state index in [1.165, 1.54) is 193 Å². The zero-order chi connectivity index (χ0) is 57.1. The summed E-state index contributed by atoms with van der Waals surface area (Å²) in [7, 11) is 0. The lowest BCUT2D eigenvalue weighted by Gasteiger charge is -2.18. The Morgan fingerprint density at radius 2 is 0.494 bits per heavy atom. The molecule has 0 saturated heterocycles. The van der Waals surface area contributed by atoms with Crippen molar-refractivity contribution in [1.82, 2.24) is 0 Å². The molecule has 6 heteroatoms. The summed E-state index contributed by atoms with van der Waals surface area (Å²) in [6, 6.07) is 0. The smallest absolute Gasteiger partial charge is 0.306 e. The molecule has 0 heterocycles. The largest absolute Gasteiger partial charge is 0.462 e. The maximum absolute atomic E-state index is 12.9. The van der Waals surface area contributed by atoms with Gasteiger partial charge in [0.15, 0.2) is 6.10 Å². The number of carbonyl (C=O) groups is 3. The lowest BCUT2D eigenvalue weighted by Crippen LogP contribution is -2.30. The van der Waals surface area contributed by atoms with Crippen molar-refractivity contribution >= 4 is 17.9 Å². The van der Waals surface area contributed by atoms with Crippen LogP contribution in [0.3, 0.4) is 0 Å². The lowest BCUT2D eigenvalue weighted by atomic mass is 10.0. The number of carbonyl (C=O) groups excluding carboxylic acids is 3. The molecule has 0 aromatic heterocycles. The summed E-state index contributed by atoms with van der Waals surface area (Å²) < 4.78 is 16.9. The fraction of sp³-hybridized carbons (Fsp3) is 0.767. The molecule has 0 aliphatic carbocycles. The van der Waals surface area contributed by atoms with Crippen molar-refractivity contribution in [1.29, 1.82) is 0 Å². The van der Waals surface area contributed by atoms with E-state index in [9.17, 15) is 14.4 Å². The number of rotatable bonds is 62. The van der Waals surface area contributed by atoms with E-state index in [2.05, 4.69) is 106 Å². The molecule has 456 valence electrons. The summed E-state index contributed by atoms with van der Waals surface area (Å²) in [6.45, 7) is 6.52. The molecule has 1 atom stereocenters. The SMILES string of the molecule is CC/C=C\C/C=C\C/C=C\C/C=C\CCCCCCCCCCCCCCCCCCCCC(=O)OCC(COC(=O)CCCCCCCCCCCCC)OC(=O)CCCCCCCC/C=C\C/C=C\C/C=C\CCCCC. The molecular weight excluding hydrogens is 973 g/mol. The van der Waals surface area contributed by atoms with Crippen LogP contribution in [0.15, 0.2) is 85.1 Å². The van der Waals surface area contributed by atoms with Crippen LogP contribution in [0.1, 0.15) is 342 Å². The van der Waals surface area contributed by atoms with Gasteiger partial charge in [-0.1, -0.05) is 311 Å². The first-order valence-electron chi connectivity index (χ1n) is 34.1. The van der Waals surface area contributed by atoms with Gasteiger partial charge in [-0.2, -0.15) is 0 Å². The van der Waals surface area contributed by atoms with Gasteiger partial charge in [0.2, 0.25) is 0 Å². The Kier molecular flexibility index (Phi) is 64.2. The Balaban J connectivity index is 4.17. The topological polar surface area (TPSA) is 78.9 Å². The van der Waals surface area contributed by atoms with Crippen LogP contribution in [0.2, 0.25) is 0 Å². The Hall–Kier alpha value is -3.41. The molecule has 0 rings (SSSR count). The van der Waals surface area contributed by atoms with E-state index >= 15 is 0 Å². The molecular formula is C73H128O6. The molecule has 0 radical (unpaired) electrons. The third kappa shape index (κ3) is 65.3. The molecule has 0 aromatic rings. The van der Waals surface area contributed by atoms with Gasteiger partial charge in [-0.25, -0.2) is 0 Å². The molecule has 1 unspecified atom stereocenters. The number of hydrogen-bond donors (Lipinski definition) is 0. The normalized spacial score (nSPS) is 12.6. The first kappa shape index (κ1) is 75.6. The van der Waals surface area contributed by atoms with Crippen LogP contribution in [0, 0.1) is 0 Å². The highest BCUT2D eigenvalue weighted by atomic mass is 16.6. The van der Waals surface area contributed by atoms with Gasteiger partial charge in [0.1, 0.15) is 13.2 Å². The van der Waals surface area contributed by atoms with Crippen LogP contribution in [0.25, 0.3) is 0 Å². The summed E-state index contributed by atoms with van der Waals surface area (Å²) in [5.41, 5.74) is 0. The van der Waals surface area contributed by atoms with Gasteiger partial charge >= 0.3 is 17.9 Å². The van der Waals surface area contributed by atoms with E-state index in [0.29, 0.717) is 19.3 Å². The first-order chi connectivity index (χ1) is 39.0. The lowest BCUT2D eigenvalue weighted by molar-refractivity contribution is -0.167. The Morgan fingerprint density at radius 1 is 0.266 bits per heavy atom. The molecule has 0 aromatic carbocycles. The van der Waals surface area contributed by atoms with Gasteiger partial charge < -0.3 is 14.2 Å². The van der Waals surface area contributed by atoms with E-state index in [-0.39, 0.29) is 31.1 Å². The molecule has 0 fully saturated rings. The predicted molar refractivity (Wildman–Crippen MR) is 344 cm³/mol. The van der Waals surface area contributed by atoms with E-state index < -0.39 is 6.10 Å². The highest BCUT2D eigenvalue weighted by Crippen LogP contribution is 2.17. The van der Waals surface area contributed by atoms with Crippen LogP contribution in [-0.2, 0) is 28.6 Å². The molecule has 6 nitrogen and oxygen atoms in total. The fourth-order valence-electron chi connectivity index (χ4n) is 9.80. The third-order valence-corrected chi connectivity index (χ3v) is 14.9. The van der Waals surface area contributed by atoms with Gasteiger partial charge in [-0.05, 0) is 96.3 Å². The van der Waals surface area contributed by atoms with Crippen molar-refractivity contribution in [2.24, 2.45) is 0 Å². The van der Waals surface area contributed by atoms with Crippen LogP contribution >= 0.6 is 0 Å². The first-order valence-corrected chi connectivity index (χ1v) is 34.1. The minimum atomic E-state index is -0.781. The maximum atomic E-state index is 12.9. The zero-order valence-corrected chi connectivity index (χ0v) is 52.4. The van der Waals surface area contributed by atoms with E-state index in [4.69, 9.17) is 14.2 Å². The Morgan fingerprint density at radius 3 is 0.797 bits per heavy atom. The van der Waals surface area contributed by atoms with Crippen LogP contribution in [-0.4, -0.2) is 37.2 Å². The molecule has 0 spiro atoms. The minimum absolute atomic E-state index is 0.0769. The molecule has 0 aliphatic heterocycles. The fourth-order valence-corrected chi connectivity index (χ4v) is 9.80. The number of ether oxygens (including phenoxy) is 3. The highest BCUT2D eigenvalue weighted by Gasteiger charge is 2.19. The Labute approximate surface area is 490 Å². The standard InChI is InChI=1S/C73H128O6/c1-4-7-10-13-16-19-22-24-26-28-30-31-32-33-34-35-36-37-38-39-40-41-43-44-46-48-51-54-57-60-63-66-72(75)78-69-70(68-77-71(74)65-62-59-56-53-50-21-18-15-12-9-6-3)79-73(76)67-64-61-58-55-52-49-47-45-42-29-27-25-23-20-17-14-11-8-5-2/h7,10,16-17,19-20,24-27,30-31,42,45,70H,4-6,8-9,11-15,18,21-23,28-29,32-41,43-44,46-69H2,1-3H3/b10-7-,19-16-,20-17-,26-24-,27-25-,31-30-,45-42-. The average Bonchev–Trinajstić information content (AvgIpc) is 3.45. The monoisotopic (exact) mass is 1100 g/mol. The average molecular weight is 1100 g/mol. The summed E-state index contributed by atoms with van der Waals surface area (Å²) in [6.07, 6.45) is 89.0. The highest BCUT2D eigenvalue weighted by molar-refractivity contribution is 5.71. The molecule has 0 aliphatic rings. The summed E-state index contributed by atoms with van der Waals surface area (Å²) in [5, 5.41) is 0. The number of esters is 3. The zero-order valence-electron chi connectivity index (χ0n) is 52.4. The van der Waals surface area contributed by atoms with E-state index in [0.717, 1.165) is 109 Å². The molecule has 0 amide bonds. The van der Waals surface area contributed by atoms with Gasteiger partial charge in [0.25, 0.3) is 0 Å². The van der Waals surface area contributed by atoms with Crippen LogP contribution in [0.4, 0.5) is 0 Å². The van der Waals surface area contributed by atoms with Crippen LogP contribution < -0.4 is 0 Å². The number of allylic oxidation sites excluding steroid dienone is 14. The second kappa shape index (κ2) is 67.1. The number of unbranched alkanes of at least 4 members (excludes halogenated alkanes) is 37. The molecule has 0 saturated carbocycles. The van der Waals surface area contributed by atoms with Crippen LogP contribution in [0.5, 0.6) is 0 Å². The van der Waals surface area contributed by atoms with Gasteiger partial charge in [0.05, 0.1) is 0 Å². The molecule has 79 heavy (non-hydrogen) atoms. The molecule has 0 N–H and O–H groups in total. The van der Waals surface area contributed by atoms with Gasteiger partial charge in [-0.3, -0.25) is 14.4 Å². The Bertz CT molecular complexity index is 1500. The van der Waals surface area contributed by atoms with Gasteiger partial charge in [-0.15, -0.1) is 0 Å². The van der Waals surface area contributed by atoms with Crippen molar-refractivity contribution in [2.45, 2.75) is 348 Å². The predicted octanol–water partition coefficient (Wildman–Crippen LogP) is 23.4. The van der Waals surface area contributed by atoms with Crippen molar-refractivity contribution < 1.29 is 28.6 Å². The molecule has 0 bridgehead atoms. The van der Waals surface area contributed by atoms with Crippen molar-refractivity contribution in [2.75, 3.05) is 13.2 Å². The quantitative estimate of drug-likeness (QED) is 0.0261. The van der Waals surface area contributed by atoms with E-state index in [1.807, 2.05) is 0 Å².